The molecule has 1 aromatic carbocycles. The number of halogens is 2. The van der Waals surface area contributed by atoms with Crippen LogP contribution in [-0.2, 0) is 13.2 Å². The predicted octanol–water partition coefficient (Wildman–Crippen LogP) is 4.15. The third kappa shape index (κ3) is 3.99. The van der Waals surface area contributed by atoms with Crippen LogP contribution in [0.2, 0.25) is 5.02 Å². The van der Waals surface area contributed by atoms with E-state index in [2.05, 4.69) is 19.2 Å². The summed E-state index contributed by atoms with van der Waals surface area (Å²) < 4.78 is 24.2. The summed E-state index contributed by atoms with van der Waals surface area (Å²) in [6.45, 7) is 5.09. The minimum Gasteiger partial charge on any atom is -0.489 e. The molecule has 0 aliphatic carbocycles. The van der Waals surface area contributed by atoms with Crippen LogP contribution in [0.5, 0.6) is 5.75 Å². The number of hydrogen-bond donors (Lipinski definition) is 1. The molecule has 2 rings (SSSR count). The Morgan fingerprint density at radius 2 is 2.15 bits per heavy atom. The molecule has 0 fully saturated rings. The first kappa shape index (κ1) is 14.9. The van der Waals surface area contributed by atoms with E-state index in [1.807, 2.05) is 6.07 Å². The molecular weight excluding hydrogens is 281 g/mol. The molecule has 0 atom stereocenters. The molecule has 108 valence electrons. The van der Waals surface area contributed by atoms with E-state index in [9.17, 15) is 4.39 Å². The van der Waals surface area contributed by atoms with Crippen molar-refractivity contribution in [3.8, 4) is 5.75 Å². The highest BCUT2D eigenvalue weighted by Crippen LogP contribution is 2.22. The fourth-order valence-electron chi connectivity index (χ4n) is 1.68. The molecule has 5 heteroatoms. The summed E-state index contributed by atoms with van der Waals surface area (Å²) in [6, 6.07) is 6.61. The molecule has 20 heavy (non-hydrogen) atoms. The molecule has 1 heterocycles. The van der Waals surface area contributed by atoms with Gasteiger partial charge < -0.3 is 14.5 Å². The SMILES string of the molecule is CC(C)NCc1occc1COc1ccc(Cl)c(F)c1. The van der Waals surface area contributed by atoms with Crippen LogP contribution in [0, 0.1) is 5.82 Å². The fourth-order valence-corrected chi connectivity index (χ4v) is 1.79. The van der Waals surface area contributed by atoms with Gasteiger partial charge in [0.15, 0.2) is 0 Å². The normalized spacial score (nSPS) is 11.1. The van der Waals surface area contributed by atoms with Crippen molar-refractivity contribution in [1.82, 2.24) is 5.32 Å². The Morgan fingerprint density at radius 3 is 2.85 bits per heavy atom. The molecule has 0 amide bonds. The van der Waals surface area contributed by atoms with E-state index in [0.717, 1.165) is 11.3 Å². The predicted molar refractivity (Wildman–Crippen MR) is 76.4 cm³/mol. The summed E-state index contributed by atoms with van der Waals surface area (Å²) >= 11 is 5.62. The molecule has 0 aliphatic rings. The van der Waals surface area contributed by atoms with Crippen molar-refractivity contribution < 1.29 is 13.5 Å². The van der Waals surface area contributed by atoms with Gasteiger partial charge in [-0.1, -0.05) is 25.4 Å². The lowest BCUT2D eigenvalue weighted by atomic mass is 10.2. The van der Waals surface area contributed by atoms with Crippen LogP contribution in [0.25, 0.3) is 0 Å². The molecule has 0 unspecified atom stereocenters. The van der Waals surface area contributed by atoms with Crippen molar-refractivity contribution in [3.05, 3.63) is 52.7 Å². The van der Waals surface area contributed by atoms with Crippen LogP contribution in [0.1, 0.15) is 25.2 Å². The Hall–Kier alpha value is -1.52. The van der Waals surface area contributed by atoms with Gasteiger partial charge in [0.1, 0.15) is 23.9 Å². The lowest BCUT2D eigenvalue weighted by molar-refractivity contribution is 0.299. The maximum absolute atomic E-state index is 13.3. The maximum Gasteiger partial charge on any atom is 0.145 e. The van der Waals surface area contributed by atoms with Crippen LogP contribution in [0.3, 0.4) is 0 Å². The Labute approximate surface area is 122 Å². The van der Waals surface area contributed by atoms with E-state index in [0.29, 0.717) is 24.9 Å². The van der Waals surface area contributed by atoms with Crippen molar-refractivity contribution >= 4 is 11.6 Å². The third-order valence-corrected chi connectivity index (χ3v) is 3.10. The van der Waals surface area contributed by atoms with Crippen LogP contribution in [0.4, 0.5) is 4.39 Å². The monoisotopic (exact) mass is 297 g/mol. The minimum atomic E-state index is -0.488. The molecule has 1 aromatic heterocycles. The summed E-state index contributed by atoms with van der Waals surface area (Å²) in [5.41, 5.74) is 0.938. The van der Waals surface area contributed by atoms with Crippen LogP contribution < -0.4 is 10.1 Å². The molecule has 0 bridgehead atoms. The minimum absolute atomic E-state index is 0.0856. The van der Waals surface area contributed by atoms with E-state index < -0.39 is 5.82 Å². The third-order valence-electron chi connectivity index (χ3n) is 2.79. The molecule has 0 spiro atoms. The topological polar surface area (TPSA) is 34.4 Å². The average Bonchev–Trinajstić information content (AvgIpc) is 2.85. The molecule has 1 N–H and O–H groups in total. The van der Waals surface area contributed by atoms with Crippen LogP contribution in [-0.4, -0.2) is 6.04 Å². The zero-order valence-electron chi connectivity index (χ0n) is 11.5. The molecule has 2 aromatic rings. The molecular formula is C15H17ClFNO2. The second kappa shape index (κ2) is 6.77. The number of benzene rings is 1. The van der Waals surface area contributed by atoms with Gasteiger partial charge in [0.25, 0.3) is 0 Å². The zero-order valence-corrected chi connectivity index (χ0v) is 12.2. The first-order valence-corrected chi connectivity index (χ1v) is 6.80. The van der Waals surface area contributed by atoms with Crippen molar-refractivity contribution in [3.63, 3.8) is 0 Å². The summed E-state index contributed by atoms with van der Waals surface area (Å²) in [5.74, 6) is 0.780. The lowest BCUT2D eigenvalue weighted by Gasteiger charge is -2.09. The van der Waals surface area contributed by atoms with Gasteiger partial charge in [-0.2, -0.15) is 0 Å². The van der Waals surface area contributed by atoms with Gasteiger partial charge in [0.2, 0.25) is 0 Å². The van der Waals surface area contributed by atoms with Crippen molar-refractivity contribution in [2.45, 2.75) is 33.0 Å². The van der Waals surface area contributed by atoms with Crippen LogP contribution >= 0.6 is 11.6 Å². The number of furan rings is 1. The second-order valence-corrected chi connectivity index (χ2v) is 5.18. The highest BCUT2D eigenvalue weighted by atomic mass is 35.5. The van der Waals surface area contributed by atoms with Gasteiger partial charge in [-0.15, -0.1) is 0 Å². The standard InChI is InChI=1S/C15H17ClFNO2/c1-10(2)18-8-15-11(5-6-19-15)9-20-12-3-4-13(16)14(17)7-12/h3-7,10,18H,8-9H2,1-2H3. The molecule has 0 radical (unpaired) electrons. The summed E-state index contributed by atoms with van der Waals surface area (Å²) in [5, 5.41) is 3.36. The van der Waals surface area contributed by atoms with Crippen molar-refractivity contribution in [1.29, 1.82) is 0 Å². The van der Waals surface area contributed by atoms with E-state index in [4.69, 9.17) is 20.8 Å². The van der Waals surface area contributed by atoms with Gasteiger partial charge in [-0.05, 0) is 18.2 Å². The van der Waals surface area contributed by atoms with E-state index in [-0.39, 0.29) is 5.02 Å². The van der Waals surface area contributed by atoms with E-state index in [1.54, 1.807) is 12.3 Å². The van der Waals surface area contributed by atoms with Crippen molar-refractivity contribution in [2.75, 3.05) is 0 Å². The molecule has 3 nitrogen and oxygen atoms in total. The van der Waals surface area contributed by atoms with Gasteiger partial charge in [0, 0.05) is 17.7 Å². The molecule has 0 aliphatic heterocycles. The summed E-state index contributed by atoms with van der Waals surface area (Å²) in [6.07, 6.45) is 1.62. The quantitative estimate of drug-likeness (QED) is 0.870. The highest BCUT2D eigenvalue weighted by molar-refractivity contribution is 6.30. The lowest BCUT2D eigenvalue weighted by Crippen LogP contribution is -2.22. The number of nitrogens with one attached hydrogen (secondary N) is 1. The summed E-state index contributed by atoms with van der Waals surface area (Å²) in [4.78, 5) is 0. The molecule has 0 saturated heterocycles. The smallest absolute Gasteiger partial charge is 0.145 e. The fraction of sp³-hybridized carbons (Fsp3) is 0.333. The first-order valence-electron chi connectivity index (χ1n) is 6.42. The van der Waals surface area contributed by atoms with E-state index in [1.165, 1.54) is 12.1 Å². The average molecular weight is 298 g/mol. The summed E-state index contributed by atoms with van der Waals surface area (Å²) in [7, 11) is 0. The zero-order chi connectivity index (χ0) is 14.5. The number of hydrogen-bond acceptors (Lipinski definition) is 3. The first-order chi connectivity index (χ1) is 9.56. The Kier molecular flexibility index (Phi) is 5.04. The largest absolute Gasteiger partial charge is 0.489 e. The second-order valence-electron chi connectivity index (χ2n) is 4.77. The Balaban J connectivity index is 1.96. The number of ether oxygens (including phenoxy) is 1. The van der Waals surface area contributed by atoms with Crippen LogP contribution in [0.15, 0.2) is 34.9 Å². The maximum atomic E-state index is 13.3. The van der Waals surface area contributed by atoms with Gasteiger partial charge in [-0.3, -0.25) is 0 Å². The highest BCUT2D eigenvalue weighted by Gasteiger charge is 2.08. The Bertz CT molecular complexity index is 569. The molecule has 0 saturated carbocycles. The van der Waals surface area contributed by atoms with Gasteiger partial charge >= 0.3 is 0 Å². The van der Waals surface area contributed by atoms with Crippen molar-refractivity contribution in [2.24, 2.45) is 0 Å². The Morgan fingerprint density at radius 1 is 1.35 bits per heavy atom. The van der Waals surface area contributed by atoms with Gasteiger partial charge in [0.05, 0.1) is 17.8 Å². The van der Waals surface area contributed by atoms with E-state index >= 15 is 0 Å². The number of rotatable bonds is 6. The van der Waals surface area contributed by atoms with Gasteiger partial charge in [-0.25, -0.2) is 4.39 Å².